The summed E-state index contributed by atoms with van der Waals surface area (Å²) < 4.78 is 6.45. The first-order chi connectivity index (χ1) is 14.1. The molecule has 1 aromatic heterocycles. The molecule has 7 heteroatoms. The lowest BCUT2D eigenvalue weighted by Crippen LogP contribution is -2.34. The number of carbonyl (C=O) groups is 1. The van der Waals surface area contributed by atoms with Crippen LogP contribution in [-0.2, 0) is 5.41 Å². The highest BCUT2D eigenvalue weighted by Gasteiger charge is 2.19. The van der Waals surface area contributed by atoms with Crippen molar-refractivity contribution < 1.29 is 9.21 Å². The molecule has 3 aromatic rings. The van der Waals surface area contributed by atoms with Gasteiger partial charge in [-0.1, -0.05) is 61.0 Å². The Balaban J connectivity index is 0.00000341. The van der Waals surface area contributed by atoms with Crippen molar-refractivity contribution in [2.24, 2.45) is 0 Å². The monoisotopic (exact) mass is 506 g/mol. The van der Waals surface area contributed by atoms with Crippen LogP contribution in [0.25, 0.3) is 11.0 Å². The molecule has 1 heterocycles. The van der Waals surface area contributed by atoms with Crippen molar-refractivity contribution in [3.05, 3.63) is 80.1 Å². The van der Waals surface area contributed by atoms with Crippen molar-refractivity contribution in [1.82, 2.24) is 10.2 Å². The van der Waals surface area contributed by atoms with E-state index in [1.807, 2.05) is 14.1 Å². The van der Waals surface area contributed by atoms with E-state index in [0.29, 0.717) is 17.5 Å². The fourth-order valence-electron chi connectivity index (χ4n) is 3.32. The van der Waals surface area contributed by atoms with E-state index < -0.39 is 5.91 Å². The number of nitrogens with one attached hydrogen (secondary N) is 1. The average Bonchev–Trinajstić information content (AvgIpc) is 2.68. The third-order valence-electron chi connectivity index (χ3n) is 5.15. The molecule has 0 saturated carbocycles. The minimum Gasteiger partial charge on any atom is -0.451 e. The fraction of sp³-hybridized carbons (Fsp3) is 0.333. The molecule has 0 radical (unpaired) electrons. The van der Waals surface area contributed by atoms with E-state index in [1.165, 1.54) is 11.6 Å². The van der Waals surface area contributed by atoms with E-state index in [9.17, 15) is 9.59 Å². The Morgan fingerprint density at radius 3 is 2.32 bits per heavy atom. The van der Waals surface area contributed by atoms with Crippen molar-refractivity contribution in [3.8, 4) is 0 Å². The number of nitrogens with zero attached hydrogens (tertiary/aromatic N) is 1. The molecule has 1 unspecified atom stereocenters. The highest BCUT2D eigenvalue weighted by atomic mass is 79.9. The Hall–Kier alpha value is -2.15. The number of likely N-dealkylation sites (N-methyl/N-ethyl adjacent to an activating group) is 1. The van der Waals surface area contributed by atoms with Crippen molar-refractivity contribution in [3.63, 3.8) is 0 Å². The number of benzene rings is 2. The predicted octanol–water partition coefficient (Wildman–Crippen LogP) is 5.31. The van der Waals surface area contributed by atoms with Gasteiger partial charge in [0.15, 0.2) is 11.2 Å². The second-order valence-corrected chi connectivity index (χ2v) is 9.59. The number of hydrogen-bond donors (Lipinski definition) is 1. The molecule has 0 fully saturated rings. The minimum absolute atomic E-state index is 0. The zero-order chi connectivity index (χ0) is 22.1. The van der Waals surface area contributed by atoms with Gasteiger partial charge in [0.05, 0.1) is 11.4 Å². The highest BCUT2D eigenvalue weighted by molar-refractivity contribution is 9.10. The molecule has 0 spiro atoms. The van der Waals surface area contributed by atoms with Gasteiger partial charge in [0.25, 0.3) is 5.91 Å². The number of hydrogen-bond acceptors (Lipinski definition) is 4. The molecule has 0 bridgehead atoms. The first kappa shape index (κ1) is 25.1. The molecule has 0 saturated heterocycles. The van der Waals surface area contributed by atoms with Crippen LogP contribution < -0.4 is 10.7 Å². The van der Waals surface area contributed by atoms with Gasteiger partial charge in [0.1, 0.15) is 5.58 Å². The summed E-state index contributed by atoms with van der Waals surface area (Å²) in [6.45, 7) is 6.94. The summed E-state index contributed by atoms with van der Waals surface area (Å²) in [5.41, 5.74) is 2.60. The van der Waals surface area contributed by atoms with Gasteiger partial charge in [0.2, 0.25) is 0 Å². The van der Waals surface area contributed by atoms with Gasteiger partial charge in [0, 0.05) is 17.1 Å². The summed E-state index contributed by atoms with van der Waals surface area (Å²) in [5.74, 6) is -0.398. The van der Waals surface area contributed by atoms with Crippen molar-refractivity contribution in [1.29, 1.82) is 0 Å². The van der Waals surface area contributed by atoms with Crippen LogP contribution in [0.3, 0.4) is 0 Å². The summed E-state index contributed by atoms with van der Waals surface area (Å²) in [4.78, 5) is 27.1. The third-order valence-corrected chi connectivity index (χ3v) is 5.65. The van der Waals surface area contributed by atoms with Gasteiger partial charge in [-0.15, -0.1) is 12.4 Å². The van der Waals surface area contributed by atoms with Crippen LogP contribution in [-0.4, -0.2) is 31.4 Å². The lowest BCUT2D eigenvalue weighted by molar-refractivity contribution is 0.0914. The van der Waals surface area contributed by atoms with Gasteiger partial charge < -0.3 is 14.6 Å². The normalized spacial score (nSPS) is 12.5. The summed E-state index contributed by atoms with van der Waals surface area (Å²) in [6.07, 6.45) is 0. The number of carbonyl (C=O) groups excluding carboxylic acids is 1. The van der Waals surface area contributed by atoms with Gasteiger partial charge in [-0.05, 0) is 48.8 Å². The van der Waals surface area contributed by atoms with Crippen LogP contribution >= 0.6 is 28.3 Å². The second kappa shape index (κ2) is 9.98. The number of rotatable bonds is 5. The molecular weight excluding hydrogens is 480 g/mol. The van der Waals surface area contributed by atoms with E-state index in [2.05, 4.69) is 71.2 Å². The number of fused-ring (bicyclic) bond motifs is 1. The number of amides is 1. The van der Waals surface area contributed by atoms with Gasteiger partial charge in [-0.3, -0.25) is 9.59 Å². The topological polar surface area (TPSA) is 62.6 Å². The first-order valence-electron chi connectivity index (χ1n) is 9.85. The molecule has 1 N–H and O–H groups in total. The lowest BCUT2D eigenvalue weighted by atomic mass is 9.86. The summed E-state index contributed by atoms with van der Waals surface area (Å²) in [5, 5.41) is 3.34. The molecular formula is C24H28BrClN2O3. The van der Waals surface area contributed by atoms with Crippen LogP contribution in [0.4, 0.5) is 0 Å². The Morgan fingerprint density at radius 2 is 1.74 bits per heavy atom. The Morgan fingerprint density at radius 1 is 1.10 bits per heavy atom. The van der Waals surface area contributed by atoms with E-state index in [-0.39, 0.29) is 35.1 Å². The van der Waals surface area contributed by atoms with Crippen LogP contribution in [0, 0.1) is 0 Å². The molecule has 0 aliphatic heterocycles. The Kier molecular flexibility index (Phi) is 8.09. The van der Waals surface area contributed by atoms with E-state index in [0.717, 1.165) is 10.0 Å². The van der Waals surface area contributed by atoms with Crippen LogP contribution in [0.5, 0.6) is 0 Å². The van der Waals surface area contributed by atoms with E-state index in [1.54, 1.807) is 18.2 Å². The zero-order valence-electron chi connectivity index (χ0n) is 18.4. The molecule has 5 nitrogen and oxygen atoms in total. The molecule has 1 amide bonds. The van der Waals surface area contributed by atoms with Gasteiger partial charge >= 0.3 is 0 Å². The summed E-state index contributed by atoms with van der Waals surface area (Å²) >= 11 is 3.34. The third kappa shape index (κ3) is 5.97. The maximum absolute atomic E-state index is 12.7. The number of halogens is 2. The standard InChI is InChI=1S/C24H27BrN2O3.ClH/c1-24(2,3)16-8-6-15(7-9-16)19(27(4)5)14-26-23(29)22-13-20(28)18-12-17(25)10-11-21(18)30-22;/h6-13,19H,14H2,1-5H3,(H,26,29);1H. The first-order valence-corrected chi connectivity index (χ1v) is 10.6. The quantitative estimate of drug-likeness (QED) is 0.508. The smallest absolute Gasteiger partial charge is 0.287 e. The van der Waals surface area contributed by atoms with E-state index >= 15 is 0 Å². The largest absolute Gasteiger partial charge is 0.451 e. The molecule has 1 atom stereocenters. The van der Waals surface area contributed by atoms with E-state index in [4.69, 9.17) is 4.42 Å². The van der Waals surface area contributed by atoms with Crippen molar-refractivity contribution in [2.45, 2.75) is 32.2 Å². The predicted molar refractivity (Wildman–Crippen MR) is 131 cm³/mol. The van der Waals surface area contributed by atoms with Gasteiger partial charge in [-0.25, -0.2) is 0 Å². The molecule has 0 aliphatic carbocycles. The molecule has 0 aliphatic rings. The maximum Gasteiger partial charge on any atom is 0.287 e. The minimum atomic E-state index is -0.407. The summed E-state index contributed by atoms with van der Waals surface area (Å²) in [6, 6.07) is 14.8. The molecule has 3 rings (SSSR count). The Bertz CT molecular complexity index is 1120. The fourth-order valence-corrected chi connectivity index (χ4v) is 3.68. The zero-order valence-corrected chi connectivity index (χ0v) is 20.8. The molecule has 166 valence electrons. The Labute approximate surface area is 197 Å². The van der Waals surface area contributed by atoms with Gasteiger partial charge in [-0.2, -0.15) is 0 Å². The van der Waals surface area contributed by atoms with Crippen molar-refractivity contribution in [2.75, 3.05) is 20.6 Å². The molecule has 31 heavy (non-hydrogen) atoms. The highest BCUT2D eigenvalue weighted by Crippen LogP contribution is 2.25. The average molecular weight is 508 g/mol. The second-order valence-electron chi connectivity index (χ2n) is 8.68. The summed E-state index contributed by atoms with van der Waals surface area (Å²) in [7, 11) is 3.95. The van der Waals surface area contributed by atoms with Crippen LogP contribution in [0.1, 0.15) is 48.5 Å². The van der Waals surface area contributed by atoms with Crippen LogP contribution in [0.2, 0.25) is 0 Å². The van der Waals surface area contributed by atoms with Crippen LogP contribution in [0.15, 0.2) is 62.2 Å². The molecule has 2 aromatic carbocycles. The lowest BCUT2D eigenvalue weighted by Gasteiger charge is -2.26. The SMILES string of the molecule is CN(C)C(CNC(=O)c1cc(=O)c2cc(Br)ccc2o1)c1ccc(C(C)(C)C)cc1.Cl. The van der Waals surface area contributed by atoms with Crippen molar-refractivity contribution >= 4 is 45.2 Å². The maximum atomic E-state index is 12.7.